The van der Waals surface area contributed by atoms with Crippen molar-refractivity contribution in [3.63, 3.8) is 0 Å². The van der Waals surface area contributed by atoms with Crippen molar-refractivity contribution in [2.24, 2.45) is 5.14 Å². The highest BCUT2D eigenvalue weighted by Gasteiger charge is 2.14. The van der Waals surface area contributed by atoms with Crippen molar-refractivity contribution in [2.75, 3.05) is 38.0 Å². The molecule has 8 nitrogen and oxygen atoms in total. The van der Waals surface area contributed by atoms with Crippen LogP contribution in [0.2, 0.25) is 0 Å². The molecule has 30 heavy (non-hydrogen) atoms. The Balaban J connectivity index is 2.23. The van der Waals surface area contributed by atoms with Crippen LogP contribution in [0.15, 0.2) is 60.0 Å². The number of hydrogen-bond acceptors (Lipinski definition) is 6. The molecule has 0 radical (unpaired) electrons. The molecule has 0 aliphatic rings. The van der Waals surface area contributed by atoms with Crippen molar-refractivity contribution in [1.29, 1.82) is 0 Å². The van der Waals surface area contributed by atoms with Crippen molar-refractivity contribution in [2.45, 2.75) is 4.90 Å². The van der Waals surface area contributed by atoms with E-state index in [-0.39, 0.29) is 4.90 Å². The van der Waals surface area contributed by atoms with Gasteiger partial charge in [-0.05, 0) is 42.0 Å². The zero-order valence-corrected chi connectivity index (χ0v) is 17.9. The summed E-state index contributed by atoms with van der Waals surface area (Å²) in [7, 11) is 1.18. The zero-order chi connectivity index (χ0) is 22.3. The summed E-state index contributed by atoms with van der Waals surface area (Å²) in [6.07, 6.45) is 4.57. The molecular weight excluding hydrogens is 406 g/mol. The summed E-state index contributed by atoms with van der Waals surface area (Å²) < 4.78 is 34.1. The predicted molar refractivity (Wildman–Crippen MR) is 118 cm³/mol. The molecule has 2 aromatic rings. The molecule has 2 rings (SSSR count). The first-order chi connectivity index (χ1) is 14.2. The number of amides is 1. The summed E-state index contributed by atoms with van der Waals surface area (Å²) in [6, 6.07) is 9.53. The lowest BCUT2D eigenvalue weighted by atomic mass is 10.2. The molecule has 0 aromatic heterocycles. The fraction of sp³-hybridized carbons (Fsp3) is 0.190. The second kappa shape index (κ2) is 9.95. The zero-order valence-electron chi connectivity index (χ0n) is 17.1. The van der Waals surface area contributed by atoms with Gasteiger partial charge in [0, 0.05) is 20.2 Å². The van der Waals surface area contributed by atoms with E-state index in [1.54, 1.807) is 55.4 Å². The third-order valence-electron chi connectivity index (χ3n) is 4.01. The van der Waals surface area contributed by atoms with Crippen LogP contribution in [0.4, 0.5) is 11.4 Å². The van der Waals surface area contributed by atoms with Crippen LogP contribution < -0.4 is 24.8 Å². The maximum atomic E-state index is 12.4. The maximum absolute atomic E-state index is 12.4. The minimum atomic E-state index is -3.90. The van der Waals surface area contributed by atoms with Gasteiger partial charge in [-0.25, -0.2) is 13.6 Å². The van der Waals surface area contributed by atoms with Crippen molar-refractivity contribution < 1.29 is 22.7 Å². The molecule has 0 saturated heterocycles. The van der Waals surface area contributed by atoms with Gasteiger partial charge in [0.1, 0.15) is 6.61 Å². The van der Waals surface area contributed by atoms with Gasteiger partial charge in [0.05, 0.1) is 23.4 Å². The maximum Gasteiger partial charge on any atom is 0.248 e. The average molecular weight is 432 g/mol. The second-order valence-corrected chi connectivity index (χ2v) is 8.01. The highest BCUT2D eigenvalue weighted by Crippen LogP contribution is 2.29. The first-order valence-corrected chi connectivity index (χ1v) is 10.5. The molecule has 0 spiro atoms. The van der Waals surface area contributed by atoms with Gasteiger partial charge in [-0.2, -0.15) is 0 Å². The molecule has 1 amide bonds. The number of anilines is 2. The second-order valence-electron chi connectivity index (χ2n) is 6.45. The number of ether oxygens (including phenoxy) is 2. The Morgan fingerprint density at radius 3 is 2.53 bits per heavy atom. The van der Waals surface area contributed by atoms with Crippen molar-refractivity contribution in [1.82, 2.24) is 0 Å². The van der Waals surface area contributed by atoms with Crippen LogP contribution in [0.25, 0.3) is 6.08 Å². The van der Waals surface area contributed by atoms with Crippen LogP contribution in [0.1, 0.15) is 5.56 Å². The first-order valence-electron chi connectivity index (χ1n) is 8.90. The third-order valence-corrected chi connectivity index (χ3v) is 4.92. The Morgan fingerprint density at radius 1 is 1.20 bits per heavy atom. The minimum Gasteiger partial charge on any atom is -0.493 e. The molecule has 0 bridgehead atoms. The van der Waals surface area contributed by atoms with Crippen LogP contribution in [-0.2, 0) is 14.8 Å². The van der Waals surface area contributed by atoms with E-state index in [4.69, 9.17) is 14.6 Å². The molecule has 3 N–H and O–H groups in total. The van der Waals surface area contributed by atoms with E-state index in [2.05, 4.69) is 11.9 Å². The van der Waals surface area contributed by atoms with E-state index >= 15 is 0 Å². The average Bonchev–Trinajstić information content (AvgIpc) is 2.70. The summed E-state index contributed by atoms with van der Waals surface area (Å²) in [5.41, 5.74) is 1.68. The normalized spacial score (nSPS) is 11.2. The largest absolute Gasteiger partial charge is 0.493 e. The quantitative estimate of drug-likeness (QED) is 0.466. The lowest BCUT2D eigenvalue weighted by Crippen LogP contribution is -2.17. The van der Waals surface area contributed by atoms with Crippen LogP contribution in [-0.4, -0.2) is 42.1 Å². The van der Waals surface area contributed by atoms with Gasteiger partial charge in [0.25, 0.3) is 0 Å². The standard InChI is InChI=1S/C21H25N3O5S/c1-5-12-29-19-10-6-15(13-20(19)28-4)7-11-21(25)23-17-14-16(30(22,26)27)8-9-18(17)24(2)3/h5-11,13-14H,1,12H2,2-4H3,(H,23,25)(H2,22,26,27)/b11-7+. The third kappa shape index (κ3) is 6.10. The van der Waals surface area contributed by atoms with Gasteiger partial charge in [0.2, 0.25) is 15.9 Å². The Morgan fingerprint density at radius 2 is 1.93 bits per heavy atom. The van der Waals surface area contributed by atoms with Gasteiger partial charge in [-0.1, -0.05) is 18.7 Å². The Kier molecular flexibility index (Phi) is 7.62. The van der Waals surface area contributed by atoms with E-state index in [1.165, 1.54) is 25.3 Å². The Labute approximate surface area is 176 Å². The number of nitrogens with two attached hydrogens (primary N) is 1. The lowest BCUT2D eigenvalue weighted by Gasteiger charge is -2.18. The molecule has 9 heteroatoms. The van der Waals surface area contributed by atoms with Crippen LogP contribution in [0.5, 0.6) is 11.5 Å². The van der Waals surface area contributed by atoms with Gasteiger partial charge < -0.3 is 19.7 Å². The Hall–Kier alpha value is -3.30. The van der Waals surface area contributed by atoms with E-state index in [9.17, 15) is 13.2 Å². The molecule has 0 atom stereocenters. The summed E-state index contributed by atoms with van der Waals surface area (Å²) in [4.78, 5) is 14.1. The number of carbonyl (C=O) groups is 1. The summed E-state index contributed by atoms with van der Waals surface area (Å²) >= 11 is 0. The van der Waals surface area contributed by atoms with Crippen LogP contribution >= 0.6 is 0 Å². The smallest absolute Gasteiger partial charge is 0.248 e. The topological polar surface area (TPSA) is 111 Å². The minimum absolute atomic E-state index is 0.0905. The van der Waals surface area contributed by atoms with Crippen molar-refractivity contribution in [3.05, 3.63) is 60.7 Å². The predicted octanol–water partition coefficient (Wildman–Crippen LogP) is 2.63. The summed E-state index contributed by atoms with van der Waals surface area (Å²) in [6.45, 7) is 3.95. The van der Waals surface area contributed by atoms with Crippen LogP contribution in [0.3, 0.4) is 0 Å². The van der Waals surface area contributed by atoms with Gasteiger partial charge >= 0.3 is 0 Å². The molecule has 0 unspecified atom stereocenters. The van der Waals surface area contributed by atoms with E-state index in [1.807, 2.05) is 0 Å². The molecule has 160 valence electrons. The molecule has 0 aliphatic heterocycles. The van der Waals surface area contributed by atoms with Crippen molar-refractivity contribution >= 4 is 33.4 Å². The number of nitrogens with one attached hydrogen (secondary N) is 1. The highest BCUT2D eigenvalue weighted by atomic mass is 32.2. The van der Waals surface area contributed by atoms with Gasteiger partial charge in [-0.15, -0.1) is 0 Å². The molecule has 0 aliphatic carbocycles. The highest BCUT2D eigenvalue weighted by molar-refractivity contribution is 7.89. The van der Waals surface area contributed by atoms with Crippen molar-refractivity contribution in [3.8, 4) is 11.5 Å². The van der Waals surface area contributed by atoms with E-state index < -0.39 is 15.9 Å². The number of nitrogens with zero attached hydrogens (tertiary/aromatic N) is 1. The number of benzene rings is 2. The molecule has 0 heterocycles. The molecular formula is C21H25N3O5S. The molecule has 0 fully saturated rings. The van der Waals surface area contributed by atoms with Gasteiger partial charge in [-0.3, -0.25) is 4.79 Å². The van der Waals surface area contributed by atoms with E-state index in [0.29, 0.717) is 29.5 Å². The number of carbonyl (C=O) groups excluding carboxylic acids is 1. The number of sulfonamides is 1. The lowest BCUT2D eigenvalue weighted by molar-refractivity contribution is -0.111. The number of rotatable bonds is 9. The number of methoxy groups -OCH3 is 1. The summed E-state index contributed by atoms with van der Waals surface area (Å²) in [5.74, 6) is 0.653. The summed E-state index contributed by atoms with van der Waals surface area (Å²) in [5, 5.41) is 7.88. The fourth-order valence-electron chi connectivity index (χ4n) is 2.58. The molecule has 2 aromatic carbocycles. The Bertz CT molecular complexity index is 1060. The number of hydrogen-bond donors (Lipinski definition) is 2. The number of primary sulfonamides is 1. The monoisotopic (exact) mass is 431 g/mol. The fourth-order valence-corrected chi connectivity index (χ4v) is 3.12. The SMILES string of the molecule is C=CCOc1ccc(/C=C/C(=O)Nc2cc(S(N)(=O)=O)ccc2N(C)C)cc1OC. The van der Waals surface area contributed by atoms with Crippen LogP contribution in [0, 0.1) is 0 Å². The van der Waals surface area contributed by atoms with Gasteiger partial charge in [0.15, 0.2) is 11.5 Å². The first kappa shape index (κ1) is 23.0. The molecule has 0 saturated carbocycles. The van der Waals surface area contributed by atoms with E-state index in [0.717, 1.165) is 5.56 Å².